The van der Waals surface area contributed by atoms with Crippen molar-refractivity contribution in [3.8, 4) is 17.2 Å². The Balaban J connectivity index is 2.59. The molecule has 6 nitrogen and oxygen atoms in total. The van der Waals surface area contributed by atoms with E-state index in [4.69, 9.17) is 24.0 Å². The van der Waals surface area contributed by atoms with Crippen LogP contribution in [0.5, 0.6) is 17.2 Å². The molecule has 0 saturated carbocycles. The predicted octanol–water partition coefficient (Wildman–Crippen LogP) is 21.7. The molecule has 1 aromatic carbocycles. The van der Waals surface area contributed by atoms with Gasteiger partial charge in [0.25, 0.3) is 0 Å². The summed E-state index contributed by atoms with van der Waals surface area (Å²) in [6.45, 7) is 10.7. The van der Waals surface area contributed by atoms with Crippen molar-refractivity contribution in [1.82, 2.24) is 0 Å². The van der Waals surface area contributed by atoms with Crippen LogP contribution in [0.3, 0.4) is 0 Å². The highest BCUT2D eigenvalue weighted by atomic mass is 17.2. The van der Waals surface area contributed by atoms with Crippen LogP contribution >= 0.6 is 0 Å². The molecule has 0 atom stereocenters. The Labute approximate surface area is 430 Å². The number of benzene rings is 1. The van der Waals surface area contributed by atoms with Gasteiger partial charge in [-0.3, -0.25) is 4.89 Å². The number of rotatable bonds is 57. The molecule has 0 aliphatic carbocycles. The lowest BCUT2D eigenvalue weighted by Gasteiger charge is -2.18. The molecule has 0 unspecified atom stereocenters. The van der Waals surface area contributed by atoms with E-state index in [0.29, 0.717) is 42.6 Å². The zero-order chi connectivity index (χ0) is 49.6. The smallest absolute Gasteiger partial charge is 0.373 e. The molecule has 0 N–H and O–H groups in total. The average molecular weight is 972 g/mol. The first-order chi connectivity index (χ1) is 34.2. The second kappa shape index (κ2) is 53.8. The van der Waals surface area contributed by atoms with Gasteiger partial charge in [0.15, 0.2) is 11.5 Å². The molecule has 1 aromatic rings. The number of carbonyl (C=O) groups excluding carboxylic acids is 1. The fourth-order valence-electron chi connectivity index (χ4n) is 9.70. The Morgan fingerprint density at radius 1 is 0.304 bits per heavy atom. The summed E-state index contributed by atoms with van der Waals surface area (Å²) >= 11 is 0. The largest absolute Gasteiger partial charge is 0.490 e. The van der Waals surface area contributed by atoms with Crippen molar-refractivity contribution < 1.29 is 28.8 Å². The molecule has 0 bridgehead atoms. The second-order valence-corrected chi connectivity index (χ2v) is 21.0. The highest BCUT2D eigenvalue weighted by Gasteiger charge is 2.21. The number of unbranched alkanes of at least 4 members (excludes halogenated alkanes) is 45. The Kier molecular flexibility index (Phi) is 50.8. The van der Waals surface area contributed by atoms with Crippen molar-refractivity contribution in [2.24, 2.45) is 0 Å². The monoisotopic (exact) mass is 971 g/mol. The molecule has 0 fully saturated rings. The van der Waals surface area contributed by atoms with Crippen LogP contribution in [0.1, 0.15) is 346 Å². The van der Waals surface area contributed by atoms with Crippen molar-refractivity contribution in [3.63, 3.8) is 0 Å². The van der Waals surface area contributed by atoms with Gasteiger partial charge in [-0.1, -0.05) is 310 Å². The van der Waals surface area contributed by atoms with E-state index < -0.39 is 5.97 Å². The predicted molar refractivity (Wildman–Crippen MR) is 299 cm³/mol. The molecular weight excluding hydrogens is 853 g/mol. The van der Waals surface area contributed by atoms with Gasteiger partial charge in [0.05, 0.1) is 32.0 Å². The first-order valence-electron chi connectivity index (χ1n) is 31.1. The Bertz CT molecular complexity index is 1130. The molecule has 1 rings (SSSR count). The van der Waals surface area contributed by atoms with Crippen LogP contribution in [0, 0.1) is 0 Å². The summed E-state index contributed by atoms with van der Waals surface area (Å²) in [4.78, 5) is 23.3. The van der Waals surface area contributed by atoms with Gasteiger partial charge in [-0.2, -0.15) is 4.89 Å². The van der Waals surface area contributed by atoms with Gasteiger partial charge >= 0.3 is 5.97 Å². The van der Waals surface area contributed by atoms with Gasteiger partial charge in [-0.25, -0.2) is 4.79 Å². The molecule has 406 valence electrons. The molecule has 0 spiro atoms. The summed E-state index contributed by atoms with van der Waals surface area (Å²) in [6, 6.07) is 3.52. The normalized spacial score (nSPS) is 11.4. The highest BCUT2D eigenvalue weighted by molar-refractivity contribution is 5.90. The highest BCUT2D eigenvalue weighted by Crippen LogP contribution is 2.40. The summed E-state index contributed by atoms with van der Waals surface area (Å²) in [5.74, 6) is 1.22. The van der Waals surface area contributed by atoms with Crippen LogP contribution in [-0.4, -0.2) is 32.4 Å². The topological polar surface area (TPSA) is 63.2 Å². The van der Waals surface area contributed by atoms with Crippen molar-refractivity contribution in [2.45, 2.75) is 336 Å². The van der Waals surface area contributed by atoms with Gasteiger partial charge < -0.3 is 14.2 Å². The maximum atomic E-state index is 13.1. The minimum absolute atomic E-state index is 0.289. The number of hydrogen-bond acceptors (Lipinski definition) is 6. The molecule has 0 aliphatic rings. The van der Waals surface area contributed by atoms with E-state index in [9.17, 15) is 4.79 Å². The SMILES string of the molecule is CCCCCCCCCCCCCCCCCCOc1cc(C(=O)OOCC)cc(OCCCCCCCCCCCCCCCCCC)c1OCCCCCCCCCCCCCCCCCC. The molecule has 0 radical (unpaired) electrons. The zero-order valence-electron chi connectivity index (χ0n) is 46.9. The minimum Gasteiger partial charge on any atom is -0.490 e. The van der Waals surface area contributed by atoms with Gasteiger partial charge in [0, 0.05) is 0 Å². The van der Waals surface area contributed by atoms with Crippen LogP contribution in [0.25, 0.3) is 0 Å². The fraction of sp³-hybridized carbons (Fsp3) is 0.889. The van der Waals surface area contributed by atoms with E-state index in [2.05, 4.69) is 20.8 Å². The quantitative estimate of drug-likeness (QED) is 0.0368. The first-order valence-corrected chi connectivity index (χ1v) is 31.1. The van der Waals surface area contributed by atoms with Gasteiger partial charge in [0.1, 0.15) is 0 Å². The van der Waals surface area contributed by atoms with Crippen molar-refractivity contribution in [1.29, 1.82) is 0 Å². The second-order valence-electron chi connectivity index (χ2n) is 21.0. The lowest BCUT2D eigenvalue weighted by atomic mass is 10.0. The standard InChI is InChI=1S/C63H118O6/c1-5-9-12-15-18-21-24-27-30-33-36-39-42-45-48-51-54-65-60-57-59(63(64)69-68-8-4)58-61(66-55-52-49-46-43-40-37-34-31-28-25-22-19-16-13-10-6-2)62(60)67-56-53-50-47-44-41-38-35-32-29-26-23-20-17-14-11-7-3/h57-58H,5-56H2,1-4H3. The number of carbonyl (C=O) groups is 1. The molecular formula is C63H118O6. The Morgan fingerprint density at radius 3 is 0.754 bits per heavy atom. The van der Waals surface area contributed by atoms with Crippen LogP contribution in [0.15, 0.2) is 12.1 Å². The van der Waals surface area contributed by atoms with E-state index in [1.54, 1.807) is 12.1 Å². The molecule has 0 heterocycles. The molecule has 0 aliphatic heterocycles. The van der Waals surface area contributed by atoms with E-state index in [1.807, 2.05) is 6.92 Å². The van der Waals surface area contributed by atoms with Crippen molar-refractivity contribution in [2.75, 3.05) is 26.4 Å². The molecule has 6 heteroatoms. The van der Waals surface area contributed by atoms with Gasteiger partial charge in [-0.15, -0.1) is 0 Å². The maximum absolute atomic E-state index is 13.1. The lowest BCUT2D eigenvalue weighted by Crippen LogP contribution is -2.10. The lowest BCUT2D eigenvalue weighted by molar-refractivity contribution is -0.236. The summed E-state index contributed by atoms with van der Waals surface area (Å²) in [7, 11) is 0. The van der Waals surface area contributed by atoms with Crippen LogP contribution in [0.2, 0.25) is 0 Å². The Hall–Kier alpha value is -1.95. The van der Waals surface area contributed by atoms with Crippen LogP contribution in [-0.2, 0) is 9.78 Å². The van der Waals surface area contributed by atoms with E-state index in [-0.39, 0.29) is 6.61 Å². The van der Waals surface area contributed by atoms with Crippen molar-refractivity contribution >= 4 is 5.97 Å². The van der Waals surface area contributed by atoms with Crippen LogP contribution < -0.4 is 14.2 Å². The third-order valence-electron chi connectivity index (χ3n) is 14.3. The summed E-state index contributed by atoms with van der Waals surface area (Å²) < 4.78 is 19.5. The maximum Gasteiger partial charge on any atom is 0.373 e. The molecule has 0 amide bonds. The molecule has 0 aromatic heterocycles. The third-order valence-corrected chi connectivity index (χ3v) is 14.3. The minimum atomic E-state index is -0.541. The summed E-state index contributed by atoms with van der Waals surface area (Å²) in [5, 5.41) is 0. The summed E-state index contributed by atoms with van der Waals surface area (Å²) in [5.41, 5.74) is 0.363. The molecule has 69 heavy (non-hydrogen) atoms. The number of hydrogen-bond donors (Lipinski definition) is 0. The summed E-state index contributed by atoms with van der Waals surface area (Å²) in [6.07, 6.45) is 64.2. The van der Waals surface area contributed by atoms with E-state index in [1.165, 1.54) is 270 Å². The van der Waals surface area contributed by atoms with E-state index in [0.717, 1.165) is 38.5 Å². The number of ether oxygens (including phenoxy) is 3. The first kappa shape index (κ1) is 65.1. The van der Waals surface area contributed by atoms with Gasteiger partial charge in [0.2, 0.25) is 5.75 Å². The Morgan fingerprint density at radius 2 is 0.522 bits per heavy atom. The molecule has 0 saturated heterocycles. The fourth-order valence-corrected chi connectivity index (χ4v) is 9.70. The average Bonchev–Trinajstić information content (AvgIpc) is 3.36. The van der Waals surface area contributed by atoms with E-state index >= 15 is 0 Å². The third kappa shape index (κ3) is 43.4. The zero-order valence-corrected chi connectivity index (χ0v) is 46.9. The van der Waals surface area contributed by atoms with Crippen molar-refractivity contribution in [3.05, 3.63) is 17.7 Å². The van der Waals surface area contributed by atoms with Gasteiger partial charge in [-0.05, 0) is 38.3 Å². The van der Waals surface area contributed by atoms with Crippen LogP contribution in [0.4, 0.5) is 0 Å².